The molecular weight excluding hydrogens is 361 g/mol. The number of rotatable bonds is 6. The number of carbonyl (C=O) groups is 1. The molecule has 1 fully saturated rings. The largest absolute Gasteiger partial charge is 0.349 e. The maximum Gasteiger partial charge on any atom is 0.268 e. The standard InChI is InChI=1S/C21H24FN3OS/c1-15-11-18-20(27-15)13-19(21(26)23-7-10-24-8-2-3-9-24)25(18)14-16-5-4-6-17(22)12-16/h4-6,11-13H,2-3,7-10,14H2,1H3,(H,23,26). The molecule has 1 aliphatic heterocycles. The van der Waals surface area contributed by atoms with Gasteiger partial charge in [0.25, 0.3) is 5.91 Å². The van der Waals surface area contributed by atoms with Gasteiger partial charge in [0.05, 0.1) is 10.2 Å². The van der Waals surface area contributed by atoms with Gasteiger partial charge in [0.15, 0.2) is 0 Å². The van der Waals surface area contributed by atoms with E-state index in [2.05, 4.69) is 23.2 Å². The normalized spacial score (nSPS) is 14.9. The Kier molecular flexibility index (Phi) is 5.27. The number of nitrogens with one attached hydrogen (secondary N) is 1. The molecule has 2 aromatic heterocycles. The van der Waals surface area contributed by atoms with Gasteiger partial charge in [0.1, 0.15) is 11.5 Å². The molecule has 4 nitrogen and oxygen atoms in total. The second-order valence-corrected chi connectivity index (χ2v) is 8.44. The van der Waals surface area contributed by atoms with Crippen LogP contribution in [0.25, 0.3) is 10.2 Å². The summed E-state index contributed by atoms with van der Waals surface area (Å²) in [6.45, 7) is 6.33. The molecule has 1 aromatic carbocycles. The van der Waals surface area contributed by atoms with Crippen LogP contribution >= 0.6 is 11.3 Å². The van der Waals surface area contributed by atoms with E-state index in [9.17, 15) is 9.18 Å². The minimum absolute atomic E-state index is 0.0633. The topological polar surface area (TPSA) is 37.3 Å². The number of hydrogen-bond donors (Lipinski definition) is 1. The first-order valence-corrected chi connectivity index (χ1v) is 10.3. The summed E-state index contributed by atoms with van der Waals surface area (Å²) in [5, 5.41) is 3.06. The third-order valence-electron chi connectivity index (χ3n) is 5.09. The van der Waals surface area contributed by atoms with E-state index in [0.717, 1.165) is 35.4 Å². The van der Waals surface area contributed by atoms with Crippen molar-refractivity contribution in [3.8, 4) is 0 Å². The molecule has 0 unspecified atom stereocenters. The summed E-state index contributed by atoms with van der Waals surface area (Å²) in [4.78, 5) is 16.4. The molecule has 3 heterocycles. The molecule has 0 saturated carbocycles. The number of amides is 1. The monoisotopic (exact) mass is 385 g/mol. The summed E-state index contributed by atoms with van der Waals surface area (Å²) in [7, 11) is 0. The van der Waals surface area contributed by atoms with Crippen molar-refractivity contribution < 1.29 is 9.18 Å². The van der Waals surface area contributed by atoms with Crippen molar-refractivity contribution in [2.75, 3.05) is 26.2 Å². The highest BCUT2D eigenvalue weighted by Crippen LogP contribution is 2.29. The lowest BCUT2D eigenvalue weighted by molar-refractivity contribution is 0.0941. The zero-order valence-corrected chi connectivity index (χ0v) is 16.3. The van der Waals surface area contributed by atoms with Crippen molar-refractivity contribution in [3.63, 3.8) is 0 Å². The van der Waals surface area contributed by atoms with E-state index in [-0.39, 0.29) is 11.7 Å². The highest BCUT2D eigenvalue weighted by atomic mass is 32.1. The van der Waals surface area contributed by atoms with Crippen molar-refractivity contribution >= 4 is 27.5 Å². The fraction of sp³-hybridized carbons (Fsp3) is 0.381. The predicted octanol–water partition coefficient (Wildman–Crippen LogP) is 4.02. The molecule has 3 aromatic rings. The number of nitrogens with zero attached hydrogens (tertiary/aromatic N) is 2. The van der Waals surface area contributed by atoms with Gasteiger partial charge in [-0.15, -0.1) is 11.3 Å². The van der Waals surface area contributed by atoms with E-state index in [1.54, 1.807) is 17.4 Å². The molecule has 27 heavy (non-hydrogen) atoms. The van der Waals surface area contributed by atoms with Gasteiger partial charge in [0, 0.05) is 24.5 Å². The number of thiophene rings is 1. The molecule has 0 radical (unpaired) electrons. The Labute approximate surface area is 162 Å². The molecule has 1 N–H and O–H groups in total. The van der Waals surface area contributed by atoms with Gasteiger partial charge < -0.3 is 14.8 Å². The number of halogens is 1. The maximum atomic E-state index is 13.6. The summed E-state index contributed by atoms with van der Waals surface area (Å²) in [5.74, 6) is -0.319. The summed E-state index contributed by atoms with van der Waals surface area (Å²) in [6, 6.07) is 10.6. The molecular formula is C21H24FN3OS. The first-order valence-electron chi connectivity index (χ1n) is 9.45. The summed E-state index contributed by atoms with van der Waals surface area (Å²) in [5.41, 5.74) is 2.52. The van der Waals surface area contributed by atoms with Gasteiger partial charge in [-0.3, -0.25) is 4.79 Å². The number of fused-ring (bicyclic) bond motifs is 1. The first kappa shape index (κ1) is 18.2. The van der Waals surface area contributed by atoms with Crippen LogP contribution < -0.4 is 5.32 Å². The Morgan fingerprint density at radius 1 is 1.22 bits per heavy atom. The third kappa shape index (κ3) is 4.06. The van der Waals surface area contributed by atoms with Gasteiger partial charge >= 0.3 is 0 Å². The SMILES string of the molecule is Cc1cc2c(cc(C(=O)NCCN3CCCC3)n2Cc2cccc(F)c2)s1. The number of benzene rings is 1. The Morgan fingerprint density at radius 2 is 2.04 bits per heavy atom. The van der Waals surface area contributed by atoms with Crippen LogP contribution in [-0.4, -0.2) is 41.6 Å². The average Bonchev–Trinajstić information content (AvgIpc) is 3.33. The number of aryl methyl sites for hydroxylation is 1. The van der Waals surface area contributed by atoms with E-state index in [4.69, 9.17) is 0 Å². The quantitative estimate of drug-likeness (QED) is 0.696. The fourth-order valence-electron chi connectivity index (χ4n) is 3.77. The van der Waals surface area contributed by atoms with E-state index >= 15 is 0 Å². The minimum atomic E-state index is -0.256. The van der Waals surface area contributed by atoms with Crippen LogP contribution in [0.1, 0.15) is 33.8 Å². The fourth-order valence-corrected chi connectivity index (χ4v) is 4.73. The van der Waals surface area contributed by atoms with Crippen molar-refractivity contribution in [2.45, 2.75) is 26.3 Å². The van der Waals surface area contributed by atoms with Gasteiger partial charge in [-0.05, 0) is 62.7 Å². The molecule has 4 rings (SSSR count). The highest BCUT2D eigenvalue weighted by Gasteiger charge is 2.18. The molecule has 1 aliphatic rings. The Hall–Kier alpha value is -2.18. The van der Waals surface area contributed by atoms with Crippen LogP contribution in [0, 0.1) is 12.7 Å². The summed E-state index contributed by atoms with van der Waals surface area (Å²) in [6.07, 6.45) is 2.50. The highest BCUT2D eigenvalue weighted by molar-refractivity contribution is 7.19. The number of likely N-dealkylation sites (tertiary alicyclic amines) is 1. The smallest absolute Gasteiger partial charge is 0.268 e. The summed E-state index contributed by atoms with van der Waals surface area (Å²) >= 11 is 1.68. The number of aromatic nitrogens is 1. The lowest BCUT2D eigenvalue weighted by atomic mass is 10.2. The van der Waals surface area contributed by atoms with Crippen molar-refractivity contribution in [1.82, 2.24) is 14.8 Å². The molecule has 1 saturated heterocycles. The van der Waals surface area contributed by atoms with E-state index in [1.807, 2.05) is 16.7 Å². The predicted molar refractivity (Wildman–Crippen MR) is 108 cm³/mol. The van der Waals surface area contributed by atoms with Crippen LogP contribution in [0.2, 0.25) is 0 Å². The maximum absolute atomic E-state index is 13.6. The molecule has 0 aliphatic carbocycles. The zero-order chi connectivity index (χ0) is 18.8. The lowest BCUT2D eigenvalue weighted by Gasteiger charge is -2.15. The average molecular weight is 386 g/mol. The van der Waals surface area contributed by atoms with Crippen LogP contribution in [0.15, 0.2) is 36.4 Å². The Balaban J connectivity index is 1.55. The second-order valence-electron chi connectivity index (χ2n) is 7.16. The van der Waals surface area contributed by atoms with Crippen LogP contribution in [-0.2, 0) is 6.54 Å². The van der Waals surface area contributed by atoms with Crippen molar-refractivity contribution in [1.29, 1.82) is 0 Å². The zero-order valence-electron chi connectivity index (χ0n) is 15.5. The Morgan fingerprint density at radius 3 is 2.81 bits per heavy atom. The molecule has 0 spiro atoms. The number of hydrogen-bond acceptors (Lipinski definition) is 3. The van der Waals surface area contributed by atoms with Gasteiger partial charge in [-0.25, -0.2) is 4.39 Å². The van der Waals surface area contributed by atoms with Gasteiger partial charge in [-0.2, -0.15) is 0 Å². The van der Waals surface area contributed by atoms with Gasteiger partial charge in [-0.1, -0.05) is 12.1 Å². The first-order chi connectivity index (χ1) is 13.1. The van der Waals surface area contributed by atoms with Crippen LogP contribution in [0.4, 0.5) is 4.39 Å². The molecule has 0 bridgehead atoms. The Bertz CT molecular complexity index is 956. The number of carbonyl (C=O) groups excluding carboxylic acids is 1. The van der Waals surface area contributed by atoms with Gasteiger partial charge in [0.2, 0.25) is 0 Å². The minimum Gasteiger partial charge on any atom is -0.349 e. The third-order valence-corrected chi connectivity index (χ3v) is 6.07. The lowest BCUT2D eigenvalue weighted by Crippen LogP contribution is -2.34. The molecule has 6 heteroatoms. The van der Waals surface area contributed by atoms with Crippen molar-refractivity contribution in [2.24, 2.45) is 0 Å². The van der Waals surface area contributed by atoms with Crippen LogP contribution in [0.5, 0.6) is 0 Å². The van der Waals surface area contributed by atoms with E-state index < -0.39 is 0 Å². The van der Waals surface area contributed by atoms with E-state index in [0.29, 0.717) is 18.8 Å². The second kappa shape index (κ2) is 7.82. The van der Waals surface area contributed by atoms with E-state index in [1.165, 1.54) is 29.9 Å². The summed E-state index contributed by atoms with van der Waals surface area (Å²) < 4.78 is 16.7. The molecule has 1 amide bonds. The molecule has 0 atom stereocenters. The van der Waals surface area contributed by atoms with Crippen molar-refractivity contribution in [3.05, 3.63) is 58.3 Å². The molecule has 142 valence electrons. The van der Waals surface area contributed by atoms with Crippen LogP contribution in [0.3, 0.4) is 0 Å².